The van der Waals surface area contributed by atoms with Gasteiger partial charge in [0.2, 0.25) is 0 Å². The van der Waals surface area contributed by atoms with Crippen LogP contribution in [0.2, 0.25) is 0 Å². The number of ether oxygens (including phenoxy) is 2. The molecule has 6 heteroatoms. The summed E-state index contributed by atoms with van der Waals surface area (Å²) in [7, 11) is 3.68. The van der Waals surface area contributed by atoms with Crippen molar-refractivity contribution in [3.05, 3.63) is 0 Å². The molecule has 0 aromatic heterocycles. The summed E-state index contributed by atoms with van der Waals surface area (Å²) in [4.78, 5) is 14.5. The predicted octanol–water partition coefficient (Wildman–Crippen LogP) is -1.50. The largest absolute Gasteiger partial charge is 0.850 e. The Morgan fingerprint density at radius 3 is 2.96 bits per heavy atom. The molecule has 5 aliphatic rings. The quantitative estimate of drug-likeness (QED) is 0.601. The maximum Gasteiger partial charge on any atom is 0.194 e. The first-order valence-electron chi connectivity index (χ1n) is 9.83. The number of piperidine rings is 1. The molecule has 2 saturated heterocycles. The molecule has 2 aliphatic heterocycles. The lowest BCUT2D eigenvalue weighted by Crippen LogP contribution is -3.17. The maximum absolute atomic E-state index is 13.2. The van der Waals surface area contributed by atoms with E-state index in [1.165, 1.54) is 4.90 Å². The molecule has 10 unspecified atom stereocenters. The van der Waals surface area contributed by atoms with Gasteiger partial charge in [-0.25, -0.2) is 0 Å². The zero-order valence-corrected chi connectivity index (χ0v) is 15.1. The van der Waals surface area contributed by atoms with Crippen molar-refractivity contribution in [2.75, 3.05) is 20.7 Å². The fourth-order valence-electron chi connectivity index (χ4n) is 7.37. The third-order valence-corrected chi connectivity index (χ3v) is 8.32. The van der Waals surface area contributed by atoms with Crippen LogP contribution in [0.25, 0.3) is 0 Å². The van der Waals surface area contributed by atoms with Crippen LogP contribution in [0.1, 0.15) is 38.5 Å². The molecule has 2 bridgehead atoms. The van der Waals surface area contributed by atoms with E-state index in [1.54, 1.807) is 7.11 Å². The minimum absolute atomic E-state index is 0.0230. The molecule has 3 aliphatic carbocycles. The second-order valence-electron chi connectivity index (χ2n) is 9.34. The first-order valence-corrected chi connectivity index (χ1v) is 9.83. The van der Waals surface area contributed by atoms with Crippen LogP contribution in [-0.4, -0.2) is 61.7 Å². The van der Waals surface area contributed by atoms with Crippen LogP contribution in [0, 0.1) is 23.2 Å². The van der Waals surface area contributed by atoms with E-state index in [0.717, 1.165) is 19.4 Å². The average molecular weight is 351 g/mol. The van der Waals surface area contributed by atoms with E-state index in [4.69, 9.17) is 9.47 Å². The van der Waals surface area contributed by atoms with E-state index in [1.807, 2.05) is 0 Å². The Labute approximate surface area is 148 Å². The molecule has 0 radical (unpaired) electrons. The number of hydrogen-bond donors (Lipinski definition) is 2. The molecular weight excluding hydrogens is 322 g/mol. The highest BCUT2D eigenvalue weighted by atomic mass is 16.7. The van der Waals surface area contributed by atoms with Crippen LogP contribution >= 0.6 is 0 Å². The SMILES string of the molecule is COC12CC3(CCC1O)CC(=O)C1C4C(CC[NH+]1C)CC([O-])C(O2)C43. The van der Waals surface area contributed by atoms with Gasteiger partial charge in [0.05, 0.1) is 19.7 Å². The lowest BCUT2D eigenvalue weighted by Gasteiger charge is -2.69. The number of rotatable bonds is 1. The number of nitrogens with one attached hydrogen (secondary N) is 1. The molecule has 0 aromatic rings. The van der Waals surface area contributed by atoms with Gasteiger partial charge in [0.15, 0.2) is 11.6 Å². The normalized spacial score (nSPS) is 60.1. The van der Waals surface area contributed by atoms with E-state index in [2.05, 4.69) is 7.05 Å². The van der Waals surface area contributed by atoms with Crippen molar-refractivity contribution in [2.45, 2.75) is 68.7 Å². The number of carbonyl (C=O) groups excluding carboxylic acids is 1. The van der Waals surface area contributed by atoms with Crippen molar-refractivity contribution in [3.63, 3.8) is 0 Å². The Balaban J connectivity index is 1.63. The van der Waals surface area contributed by atoms with Crippen molar-refractivity contribution < 1.29 is 29.4 Å². The van der Waals surface area contributed by atoms with Gasteiger partial charge in [-0.2, -0.15) is 0 Å². The number of aliphatic hydroxyl groups is 1. The number of hydrogen-bond acceptors (Lipinski definition) is 5. The third kappa shape index (κ3) is 2.00. The van der Waals surface area contributed by atoms with Crippen LogP contribution in [0.4, 0.5) is 0 Å². The molecule has 0 aromatic carbocycles. The van der Waals surface area contributed by atoms with E-state index >= 15 is 0 Å². The van der Waals surface area contributed by atoms with Gasteiger partial charge in [-0.3, -0.25) is 4.79 Å². The van der Waals surface area contributed by atoms with E-state index < -0.39 is 24.1 Å². The van der Waals surface area contributed by atoms with Crippen LogP contribution in [0.5, 0.6) is 0 Å². The predicted molar refractivity (Wildman–Crippen MR) is 85.6 cm³/mol. The first-order chi connectivity index (χ1) is 11.9. The van der Waals surface area contributed by atoms with Crippen molar-refractivity contribution in [1.82, 2.24) is 0 Å². The number of Topliss-reactive ketones (excluding diaryl/α,β-unsaturated/α-hetero) is 1. The van der Waals surface area contributed by atoms with Crippen molar-refractivity contribution in [1.29, 1.82) is 0 Å². The first kappa shape index (κ1) is 16.6. The minimum Gasteiger partial charge on any atom is -0.850 e. The molecule has 25 heavy (non-hydrogen) atoms. The molecule has 10 atom stereocenters. The van der Waals surface area contributed by atoms with Gasteiger partial charge in [0.25, 0.3) is 0 Å². The van der Waals surface area contributed by atoms with E-state index in [0.29, 0.717) is 37.4 Å². The number of likely N-dealkylation sites (tertiary alicyclic amines) is 1. The summed E-state index contributed by atoms with van der Waals surface area (Å²) in [5, 5.41) is 23.6. The molecule has 140 valence electrons. The fraction of sp³-hybridized carbons (Fsp3) is 0.947. The monoisotopic (exact) mass is 351 g/mol. The molecule has 6 nitrogen and oxygen atoms in total. The Hall–Kier alpha value is -0.530. The third-order valence-electron chi connectivity index (χ3n) is 8.32. The molecule has 1 spiro atoms. The Morgan fingerprint density at radius 1 is 1.40 bits per heavy atom. The van der Waals surface area contributed by atoms with Gasteiger partial charge in [0, 0.05) is 25.9 Å². The zero-order chi connectivity index (χ0) is 17.6. The second-order valence-corrected chi connectivity index (χ2v) is 9.34. The van der Waals surface area contributed by atoms with Gasteiger partial charge in [-0.05, 0) is 36.5 Å². The Morgan fingerprint density at radius 2 is 2.20 bits per heavy atom. The number of aliphatic hydroxyl groups excluding tert-OH is 1. The number of ketones is 1. The Bertz CT molecular complexity index is 598. The zero-order valence-electron chi connectivity index (χ0n) is 15.1. The van der Waals surface area contributed by atoms with Gasteiger partial charge in [0.1, 0.15) is 12.1 Å². The topological polar surface area (TPSA) is 83.3 Å². The molecule has 5 fully saturated rings. The molecule has 3 saturated carbocycles. The highest BCUT2D eigenvalue weighted by Gasteiger charge is 2.70. The number of methoxy groups -OCH3 is 1. The van der Waals surface area contributed by atoms with Crippen LogP contribution in [0.3, 0.4) is 0 Å². The summed E-state index contributed by atoms with van der Waals surface area (Å²) in [6, 6.07) is 0.0230. The standard InChI is InChI=1S/C19H28NO5/c1-20-6-4-10-7-11(21)17-15-14(10)16(20)12(22)8-18(15)5-3-13(23)19(9-18,24-2)25-17/h10-11,13-17,23H,3-9H2,1-2H3/q-1/p+1. The summed E-state index contributed by atoms with van der Waals surface area (Å²) in [5.74, 6) is 0.00631. The lowest BCUT2D eigenvalue weighted by molar-refractivity contribution is -0.910. The number of carbonyl (C=O) groups is 1. The smallest absolute Gasteiger partial charge is 0.194 e. The van der Waals surface area contributed by atoms with Crippen molar-refractivity contribution in [2.24, 2.45) is 23.2 Å². The average Bonchev–Trinajstić information content (AvgIpc) is 2.59. The number of fused-ring (bicyclic) bond motifs is 1. The summed E-state index contributed by atoms with van der Waals surface area (Å²) < 4.78 is 12.0. The molecular formula is C19H29NO5. The van der Waals surface area contributed by atoms with Gasteiger partial charge in [-0.15, -0.1) is 0 Å². The maximum atomic E-state index is 13.2. The summed E-state index contributed by atoms with van der Waals surface area (Å²) in [5.41, 5.74) is -0.227. The molecule has 2 N–H and O–H groups in total. The molecule has 2 heterocycles. The van der Waals surface area contributed by atoms with Gasteiger partial charge < -0.3 is 24.6 Å². The molecule has 5 rings (SSSR count). The Kier molecular flexibility index (Phi) is 3.50. The highest BCUT2D eigenvalue weighted by molar-refractivity contribution is 5.85. The number of likely N-dealkylation sites (N-methyl/N-ethyl adjacent to an activating group) is 1. The van der Waals surface area contributed by atoms with Gasteiger partial charge in [-0.1, -0.05) is 12.5 Å². The lowest BCUT2D eigenvalue weighted by atomic mass is 9.45. The fourth-order valence-corrected chi connectivity index (χ4v) is 7.37. The van der Waals surface area contributed by atoms with E-state index in [-0.39, 0.29) is 23.3 Å². The van der Waals surface area contributed by atoms with Crippen LogP contribution in [0.15, 0.2) is 0 Å². The van der Waals surface area contributed by atoms with Gasteiger partial charge >= 0.3 is 0 Å². The van der Waals surface area contributed by atoms with Crippen LogP contribution < -0.4 is 10.0 Å². The van der Waals surface area contributed by atoms with Crippen LogP contribution in [-0.2, 0) is 14.3 Å². The number of quaternary nitrogens is 1. The summed E-state index contributed by atoms with van der Waals surface area (Å²) in [6.45, 7) is 0.982. The molecule has 0 amide bonds. The second kappa shape index (κ2) is 5.26. The minimum atomic E-state index is -1.10. The van der Waals surface area contributed by atoms with E-state index in [9.17, 15) is 15.0 Å². The van der Waals surface area contributed by atoms with Crippen molar-refractivity contribution in [3.8, 4) is 0 Å². The van der Waals surface area contributed by atoms with Crippen molar-refractivity contribution >= 4 is 5.78 Å². The summed E-state index contributed by atoms with van der Waals surface area (Å²) in [6.07, 6.45) is 2.15. The summed E-state index contributed by atoms with van der Waals surface area (Å²) >= 11 is 0. The highest BCUT2D eigenvalue weighted by Crippen LogP contribution is 2.64.